The second-order valence-corrected chi connectivity index (χ2v) is 6.58. The summed E-state index contributed by atoms with van der Waals surface area (Å²) in [4.78, 5) is 34.1. The molecule has 1 amide bonds. The number of aromatic amines is 1. The maximum absolute atomic E-state index is 13.0. The number of halogens is 1. The van der Waals surface area contributed by atoms with Crippen molar-refractivity contribution in [3.05, 3.63) is 75.2 Å². The fraction of sp³-hybridized carbons (Fsp3) is 0.211. The normalized spacial score (nSPS) is 17.2. The highest BCUT2D eigenvalue weighted by Gasteiger charge is 2.32. The van der Waals surface area contributed by atoms with E-state index in [1.54, 1.807) is 17.0 Å². The Hall–Kier alpha value is -2.66. The second-order valence-electron chi connectivity index (χ2n) is 6.14. The second kappa shape index (κ2) is 6.33. The first kappa shape index (κ1) is 15.8. The Morgan fingerprint density at radius 1 is 1.20 bits per heavy atom. The van der Waals surface area contributed by atoms with Gasteiger partial charge in [0, 0.05) is 11.6 Å². The smallest absolute Gasteiger partial charge is 0.280 e. The van der Waals surface area contributed by atoms with Gasteiger partial charge < -0.3 is 9.88 Å². The first-order chi connectivity index (χ1) is 12.1. The van der Waals surface area contributed by atoms with Crippen molar-refractivity contribution in [3.63, 3.8) is 0 Å². The third-order valence-corrected chi connectivity index (χ3v) is 4.78. The van der Waals surface area contributed by atoms with Crippen LogP contribution in [0.1, 0.15) is 34.9 Å². The van der Waals surface area contributed by atoms with Gasteiger partial charge in [0.1, 0.15) is 0 Å². The molecule has 1 aromatic heterocycles. The van der Waals surface area contributed by atoms with Crippen LogP contribution < -0.4 is 5.56 Å². The topological polar surface area (TPSA) is 66.1 Å². The number of hydrogen-bond acceptors (Lipinski definition) is 3. The van der Waals surface area contributed by atoms with Crippen LogP contribution in [0.2, 0.25) is 5.02 Å². The summed E-state index contributed by atoms with van der Waals surface area (Å²) in [6, 6.07) is 14.6. The van der Waals surface area contributed by atoms with Crippen LogP contribution in [0.5, 0.6) is 0 Å². The Bertz CT molecular complexity index is 1010. The summed E-state index contributed by atoms with van der Waals surface area (Å²) in [7, 11) is 0. The molecule has 2 aromatic carbocycles. The highest BCUT2D eigenvalue weighted by Crippen LogP contribution is 2.33. The molecule has 1 unspecified atom stereocenters. The lowest BCUT2D eigenvalue weighted by Crippen LogP contribution is -2.35. The zero-order valence-electron chi connectivity index (χ0n) is 13.4. The van der Waals surface area contributed by atoms with Crippen molar-refractivity contribution < 1.29 is 4.79 Å². The standard InChI is InChI=1S/C19H16ClN3O2/c20-13-6-3-5-12(11-13)16-9-4-10-23(16)19(25)17-18(24)22-15-8-2-1-7-14(15)21-17/h1-3,5-8,11,16H,4,9-10H2,(H,22,24). The number of fused-ring (bicyclic) bond motifs is 1. The van der Waals surface area contributed by atoms with Gasteiger partial charge >= 0.3 is 0 Å². The van der Waals surface area contributed by atoms with E-state index < -0.39 is 5.56 Å². The van der Waals surface area contributed by atoms with Crippen LogP contribution in [-0.2, 0) is 0 Å². The number of likely N-dealkylation sites (tertiary alicyclic amines) is 1. The number of H-pyrrole nitrogens is 1. The molecule has 0 saturated carbocycles. The summed E-state index contributed by atoms with van der Waals surface area (Å²) in [6.07, 6.45) is 1.73. The fourth-order valence-corrected chi connectivity index (χ4v) is 3.58. The highest BCUT2D eigenvalue weighted by atomic mass is 35.5. The van der Waals surface area contributed by atoms with Gasteiger partial charge in [0.15, 0.2) is 5.69 Å². The number of carbonyl (C=O) groups is 1. The molecule has 1 fully saturated rings. The molecule has 5 nitrogen and oxygen atoms in total. The minimum absolute atomic E-state index is 0.0624. The van der Waals surface area contributed by atoms with Crippen LogP contribution in [0.3, 0.4) is 0 Å². The molecule has 0 bridgehead atoms. The highest BCUT2D eigenvalue weighted by molar-refractivity contribution is 6.30. The van der Waals surface area contributed by atoms with Crippen LogP contribution in [0.15, 0.2) is 53.3 Å². The SMILES string of the molecule is O=C(c1nc2ccccc2[nH]c1=O)N1CCCC1c1cccc(Cl)c1. The fourth-order valence-electron chi connectivity index (χ4n) is 3.38. The van der Waals surface area contributed by atoms with Gasteiger partial charge in [0.2, 0.25) is 0 Å². The molecule has 0 radical (unpaired) electrons. The molecule has 1 saturated heterocycles. The summed E-state index contributed by atoms with van der Waals surface area (Å²) >= 11 is 6.09. The average Bonchev–Trinajstić information content (AvgIpc) is 3.10. The van der Waals surface area contributed by atoms with Crippen LogP contribution >= 0.6 is 11.6 Å². The molecule has 1 atom stereocenters. The zero-order valence-corrected chi connectivity index (χ0v) is 14.2. The minimum atomic E-state index is -0.458. The number of rotatable bonds is 2. The molecule has 4 rings (SSSR count). The molecular weight excluding hydrogens is 338 g/mol. The lowest BCUT2D eigenvalue weighted by atomic mass is 10.0. The number of carbonyl (C=O) groups excluding carboxylic acids is 1. The van der Waals surface area contributed by atoms with Gasteiger partial charge in [-0.05, 0) is 42.7 Å². The number of amides is 1. The van der Waals surface area contributed by atoms with Crippen LogP contribution in [0.25, 0.3) is 11.0 Å². The summed E-state index contributed by atoms with van der Waals surface area (Å²) in [5.74, 6) is -0.338. The lowest BCUT2D eigenvalue weighted by Gasteiger charge is -2.24. The maximum Gasteiger partial charge on any atom is 0.280 e. The minimum Gasteiger partial charge on any atom is -0.330 e. The number of aromatic nitrogens is 2. The number of para-hydroxylation sites is 2. The van der Waals surface area contributed by atoms with E-state index in [9.17, 15) is 9.59 Å². The molecule has 126 valence electrons. The van der Waals surface area contributed by atoms with Crippen molar-refractivity contribution in [1.82, 2.24) is 14.9 Å². The van der Waals surface area contributed by atoms with Crippen LogP contribution in [0, 0.1) is 0 Å². The van der Waals surface area contributed by atoms with Gasteiger partial charge in [-0.1, -0.05) is 35.9 Å². The molecule has 1 aliphatic heterocycles. The van der Waals surface area contributed by atoms with Gasteiger partial charge in [-0.15, -0.1) is 0 Å². The number of nitrogens with one attached hydrogen (secondary N) is 1. The summed E-state index contributed by atoms with van der Waals surface area (Å²) < 4.78 is 0. The quantitative estimate of drug-likeness (QED) is 0.766. The zero-order chi connectivity index (χ0) is 17.4. The molecule has 0 aliphatic carbocycles. The van der Waals surface area contributed by atoms with Gasteiger partial charge in [-0.2, -0.15) is 0 Å². The molecule has 6 heteroatoms. The van der Waals surface area contributed by atoms with Gasteiger partial charge in [0.25, 0.3) is 11.5 Å². The Kier molecular flexibility index (Phi) is 4.01. The van der Waals surface area contributed by atoms with E-state index in [0.29, 0.717) is 22.6 Å². The van der Waals surface area contributed by atoms with Crippen molar-refractivity contribution in [2.24, 2.45) is 0 Å². The number of hydrogen-bond donors (Lipinski definition) is 1. The van der Waals surface area contributed by atoms with Crippen molar-refractivity contribution in [2.45, 2.75) is 18.9 Å². The van der Waals surface area contributed by atoms with E-state index in [-0.39, 0.29) is 17.6 Å². The van der Waals surface area contributed by atoms with Gasteiger partial charge in [-0.3, -0.25) is 9.59 Å². The van der Waals surface area contributed by atoms with Crippen molar-refractivity contribution in [3.8, 4) is 0 Å². The largest absolute Gasteiger partial charge is 0.330 e. The first-order valence-corrected chi connectivity index (χ1v) is 8.57. The summed E-state index contributed by atoms with van der Waals surface area (Å²) in [5, 5.41) is 0.637. The Morgan fingerprint density at radius 3 is 2.88 bits per heavy atom. The Morgan fingerprint density at radius 2 is 2.04 bits per heavy atom. The molecule has 2 heterocycles. The molecule has 0 spiro atoms. The Labute approximate surface area is 149 Å². The Balaban J connectivity index is 1.72. The summed E-state index contributed by atoms with van der Waals surface area (Å²) in [5.41, 5.74) is 1.68. The van der Waals surface area contributed by atoms with E-state index in [1.807, 2.05) is 36.4 Å². The first-order valence-electron chi connectivity index (χ1n) is 8.19. The van der Waals surface area contributed by atoms with Gasteiger partial charge in [0.05, 0.1) is 17.1 Å². The van der Waals surface area contributed by atoms with E-state index in [4.69, 9.17) is 11.6 Å². The van der Waals surface area contributed by atoms with Crippen molar-refractivity contribution in [1.29, 1.82) is 0 Å². The van der Waals surface area contributed by atoms with E-state index in [1.165, 1.54) is 0 Å². The number of nitrogens with zero attached hydrogens (tertiary/aromatic N) is 2. The molecule has 1 N–H and O–H groups in total. The number of benzene rings is 2. The predicted molar refractivity (Wildman–Crippen MR) is 96.8 cm³/mol. The van der Waals surface area contributed by atoms with Crippen LogP contribution in [-0.4, -0.2) is 27.3 Å². The third kappa shape index (κ3) is 2.91. The lowest BCUT2D eigenvalue weighted by molar-refractivity contribution is 0.0728. The molecule has 25 heavy (non-hydrogen) atoms. The third-order valence-electron chi connectivity index (χ3n) is 4.55. The molecular formula is C19H16ClN3O2. The average molecular weight is 354 g/mol. The van der Waals surface area contributed by atoms with E-state index in [2.05, 4.69) is 9.97 Å². The maximum atomic E-state index is 13.0. The van der Waals surface area contributed by atoms with Crippen molar-refractivity contribution in [2.75, 3.05) is 6.54 Å². The predicted octanol–water partition coefficient (Wildman–Crippen LogP) is 3.55. The van der Waals surface area contributed by atoms with E-state index in [0.717, 1.165) is 18.4 Å². The van der Waals surface area contributed by atoms with E-state index >= 15 is 0 Å². The van der Waals surface area contributed by atoms with Crippen molar-refractivity contribution >= 4 is 28.5 Å². The molecule has 1 aliphatic rings. The van der Waals surface area contributed by atoms with Gasteiger partial charge in [-0.25, -0.2) is 4.98 Å². The summed E-state index contributed by atoms with van der Waals surface area (Å²) in [6.45, 7) is 0.601. The monoisotopic (exact) mass is 353 g/mol. The van der Waals surface area contributed by atoms with Crippen LogP contribution in [0.4, 0.5) is 0 Å². The molecule has 3 aromatic rings.